The van der Waals surface area contributed by atoms with E-state index in [4.69, 9.17) is 14.2 Å². The van der Waals surface area contributed by atoms with Crippen LogP contribution in [0.4, 0.5) is 0 Å². The first kappa shape index (κ1) is 70.3. The third-order valence-corrected chi connectivity index (χ3v) is 13.4. The summed E-state index contributed by atoms with van der Waals surface area (Å²) in [7, 11) is 0. The van der Waals surface area contributed by atoms with Crippen molar-refractivity contribution >= 4 is 11.9 Å². The van der Waals surface area contributed by atoms with Gasteiger partial charge in [0.1, 0.15) is 24.4 Å². The second-order valence-corrected chi connectivity index (χ2v) is 20.4. The van der Waals surface area contributed by atoms with Gasteiger partial charge in [-0.05, 0) is 89.9 Å². The zero-order chi connectivity index (χ0) is 55.4. The largest absolute Gasteiger partial charge is 0.454 e. The molecular formula is C65H109NO10. The molecule has 1 rings (SSSR count). The second kappa shape index (κ2) is 52.0. The van der Waals surface area contributed by atoms with Gasteiger partial charge in [0, 0.05) is 12.8 Å². The Balaban J connectivity index is 2.77. The summed E-state index contributed by atoms with van der Waals surface area (Å²) in [4.78, 5) is 26.5. The molecule has 1 aliphatic rings. The molecule has 11 heteroatoms. The van der Waals surface area contributed by atoms with Crippen LogP contribution in [0.15, 0.2) is 109 Å². The number of unbranched alkanes of at least 4 members (excludes halogenated alkanes) is 20. The zero-order valence-electron chi connectivity index (χ0n) is 47.8. The number of esters is 1. The molecule has 1 heterocycles. The molecule has 8 unspecified atom stereocenters. The molecular weight excluding hydrogens is 955 g/mol. The van der Waals surface area contributed by atoms with Crippen LogP contribution in [0.25, 0.3) is 0 Å². The number of hydrogen-bond donors (Lipinski definition) is 6. The third-order valence-electron chi connectivity index (χ3n) is 13.4. The van der Waals surface area contributed by atoms with E-state index in [9.17, 15) is 35.1 Å². The molecule has 6 N–H and O–H groups in total. The fraction of sp³-hybridized carbons (Fsp3) is 0.692. The van der Waals surface area contributed by atoms with Gasteiger partial charge < -0.3 is 45.1 Å². The minimum Gasteiger partial charge on any atom is -0.454 e. The molecule has 0 aromatic rings. The van der Waals surface area contributed by atoms with Crippen molar-refractivity contribution in [3.8, 4) is 0 Å². The Morgan fingerprint density at radius 1 is 0.526 bits per heavy atom. The van der Waals surface area contributed by atoms with Crippen LogP contribution in [0, 0.1) is 0 Å². The number of carbonyl (C=O) groups excluding carboxylic acids is 2. The highest BCUT2D eigenvalue weighted by atomic mass is 16.7. The molecule has 0 aliphatic carbocycles. The van der Waals surface area contributed by atoms with Crippen LogP contribution in [-0.2, 0) is 23.8 Å². The van der Waals surface area contributed by atoms with Crippen LogP contribution in [0.3, 0.4) is 0 Å². The van der Waals surface area contributed by atoms with Gasteiger partial charge in [-0.15, -0.1) is 0 Å². The van der Waals surface area contributed by atoms with E-state index < -0.39 is 67.4 Å². The van der Waals surface area contributed by atoms with Crippen LogP contribution in [0.5, 0.6) is 0 Å². The van der Waals surface area contributed by atoms with Crippen molar-refractivity contribution in [3.05, 3.63) is 109 Å². The summed E-state index contributed by atoms with van der Waals surface area (Å²) in [6, 6.07) is -1.07. The average Bonchev–Trinajstić information content (AvgIpc) is 3.42. The molecule has 0 bridgehead atoms. The summed E-state index contributed by atoms with van der Waals surface area (Å²) in [6.07, 6.45) is 60.0. The number of carbonyl (C=O) groups is 2. The summed E-state index contributed by atoms with van der Waals surface area (Å²) in [5, 5.41) is 56.8. The summed E-state index contributed by atoms with van der Waals surface area (Å²) in [5.74, 6) is -1.30. The summed E-state index contributed by atoms with van der Waals surface area (Å²) >= 11 is 0. The number of aliphatic hydroxyl groups is 5. The smallest absolute Gasteiger partial charge is 0.306 e. The van der Waals surface area contributed by atoms with Gasteiger partial charge in [-0.1, -0.05) is 233 Å². The molecule has 0 aromatic heterocycles. The average molecular weight is 1060 g/mol. The van der Waals surface area contributed by atoms with Gasteiger partial charge in [0.15, 0.2) is 12.4 Å². The van der Waals surface area contributed by atoms with Gasteiger partial charge in [0.2, 0.25) is 5.91 Å². The molecule has 1 aliphatic heterocycles. The first-order valence-corrected chi connectivity index (χ1v) is 30.2. The Morgan fingerprint density at radius 3 is 1.45 bits per heavy atom. The molecule has 1 fully saturated rings. The predicted molar refractivity (Wildman–Crippen MR) is 315 cm³/mol. The van der Waals surface area contributed by atoms with Crippen LogP contribution in [0.1, 0.15) is 226 Å². The number of aliphatic hydroxyl groups excluding tert-OH is 5. The fourth-order valence-electron chi connectivity index (χ4n) is 8.64. The monoisotopic (exact) mass is 1060 g/mol. The zero-order valence-corrected chi connectivity index (χ0v) is 47.8. The summed E-state index contributed by atoms with van der Waals surface area (Å²) in [5.41, 5.74) is 0. The van der Waals surface area contributed by atoms with E-state index in [0.29, 0.717) is 12.8 Å². The molecule has 0 spiro atoms. The van der Waals surface area contributed by atoms with Crippen LogP contribution in [0.2, 0.25) is 0 Å². The Labute approximate surface area is 462 Å². The van der Waals surface area contributed by atoms with Gasteiger partial charge in [0.25, 0.3) is 0 Å². The standard InChI is InChI=1S/C65H109NO10/c1-4-7-10-13-16-19-22-25-27-29-31-32-34-37-40-43-46-49-52-58(69)64(73)66-56(57(68)51-48-45-42-39-36-24-21-18-15-12-9-6-3)55-74-65-63(62(72)61(71)59(54-67)75-65)76-60(70)53-50-47-44-41-38-35-33-30-28-26-23-20-17-14-11-8-5-2/h7,10,16-17,19-20,25-28,31-32,37,40,46,48-49,51,56-59,61-63,65,67-69,71-72H,4-6,8-9,11-15,18,21-24,29-30,33-36,38-39,41-45,47,50,52-55H2,1-3H3,(H,66,73)/b10-7-,19-16-,20-17-,27-25-,28-26-,32-31-,40-37-,49-46-,51-48+. The number of amides is 1. The van der Waals surface area contributed by atoms with Crippen molar-refractivity contribution in [2.75, 3.05) is 13.2 Å². The molecule has 0 aromatic carbocycles. The van der Waals surface area contributed by atoms with Crippen molar-refractivity contribution in [1.29, 1.82) is 0 Å². The Hall–Kier alpha value is -3.68. The SMILES string of the molecule is CC/C=C\C/C=C\C/C=C\C/C=C\C/C=C\C/C=C\CC(O)C(=O)NC(COC1OC(CO)C(O)C(O)C1OC(=O)CCCCCCCCC/C=C\C/C=C\CCCCC)C(O)/C=C/CCCCCCCCCCCC. The molecule has 434 valence electrons. The van der Waals surface area contributed by atoms with E-state index in [1.165, 1.54) is 77.0 Å². The van der Waals surface area contributed by atoms with E-state index >= 15 is 0 Å². The highest BCUT2D eigenvalue weighted by Gasteiger charge is 2.47. The lowest BCUT2D eigenvalue weighted by atomic mass is 9.99. The third kappa shape index (κ3) is 39.6. The van der Waals surface area contributed by atoms with Gasteiger partial charge in [-0.2, -0.15) is 0 Å². The van der Waals surface area contributed by atoms with E-state index in [0.717, 1.165) is 103 Å². The lowest BCUT2D eigenvalue weighted by Crippen LogP contribution is -2.61. The van der Waals surface area contributed by atoms with E-state index in [-0.39, 0.29) is 19.4 Å². The minimum atomic E-state index is -1.64. The Kier molecular flexibility index (Phi) is 48.2. The van der Waals surface area contributed by atoms with Crippen molar-refractivity contribution in [2.24, 2.45) is 0 Å². The molecule has 0 radical (unpaired) electrons. The van der Waals surface area contributed by atoms with Crippen molar-refractivity contribution in [2.45, 2.75) is 275 Å². The lowest BCUT2D eigenvalue weighted by Gasteiger charge is -2.41. The summed E-state index contributed by atoms with van der Waals surface area (Å²) < 4.78 is 17.6. The van der Waals surface area contributed by atoms with Crippen molar-refractivity contribution in [3.63, 3.8) is 0 Å². The van der Waals surface area contributed by atoms with E-state index in [1.807, 2.05) is 18.2 Å². The molecule has 1 saturated heterocycles. The number of allylic oxidation sites excluding steroid dienone is 16. The van der Waals surface area contributed by atoms with Gasteiger partial charge in [-0.25, -0.2) is 0 Å². The first-order chi connectivity index (χ1) is 37.2. The topological polar surface area (TPSA) is 175 Å². The maximum Gasteiger partial charge on any atom is 0.306 e. The Morgan fingerprint density at radius 2 is 0.947 bits per heavy atom. The number of ether oxygens (including phenoxy) is 3. The number of rotatable bonds is 49. The van der Waals surface area contributed by atoms with Crippen molar-refractivity contribution < 1.29 is 49.3 Å². The lowest BCUT2D eigenvalue weighted by molar-refractivity contribution is -0.305. The van der Waals surface area contributed by atoms with Crippen LogP contribution in [-0.4, -0.2) is 99.6 Å². The normalized spacial score (nSPS) is 19.9. The highest BCUT2D eigenvalue weighted by molar-refractivity contribution is 5.81. The van der Waals surface area contributed by atoms with Crippen LogP contribution >= 0.6 is 0 Å². The number of hydrogen-bond acceptors (Lipinski definition) is 10. The van der Waals surface area contributed by atoms with Gasteiger partial charge >= 0.3 is 5.97 Å². The molecule has 11 nitrogen and oxygen atoms in total. The summed E-state index contributed by atoms with van der Waals surface area (Å²) in [6.45, 7) is 5.58. The molecule has 8 atom stereocenters. The van der Waals surface area contributed by atoms with E-state index in [1.54, 1.807) is 12.2 Å². The predicted octanol–water partition coefficient (Wildman–Crippen LogP) is 14.1. The minimum absolute atomic E-state index is 0.0520. The van der Waals surface area contributed by atoms with E-state index in [2.05, 4.69) is 105 Å². The maximum absolute atomic E-state index is 13.4. The van der Waals surface area contributed by atoms with Gasteiger partial charge in [0.05, 0.1) is 25.4 Å². The van der Waals surface area contributed by atoms with Crippen molar-refractivity contribution in [1.82, 2.24) is 5.32 Å². The fourth-order valence-corrected chi connectivity index (χ4v) is 8.64. The molecule has 1 amide bonds. The molecule has 0 saturated carbocycles. The van der Waals surface area contributed by atoms with Crippen LogP contribution < -0.4 is 5.32 Å². The quantitative estimate of drug-likeness (QED) is 0.0195. The maximum atomic E-state index is 13.4. The first-order valence-electron chi connectivity index (χ1n) is 30.2. The second-order valence-electron chi connectivity index (χ2n) is 20.4. The number of nitrogens with one attached hydrogen (secondary N) is 1. The molecule has 76 heavy (non-hydrogen) atoms. The Bertz CT molecular complexity index is 1650. The highest BCUT2D eigenvalue weighted by Crippen LogP contribution is 2.26. The van der Waals surface area contributed by atoms with Gasteiger partial charge in [-0.3, -0.25) is 9.59 Å².